The molecule has 1 N–H and O–H groups in total. The van der Waals surface area contributed by atoms with Crippen molar-refractivity contribution in [1.82, 2.24) is 14.1 Å². The average Bonchev–Trinajstić information content (AvgIpc) is 3.03. The Morgan fingerprint density at radius 2 is 1.97 bits per heavy atom. The fourth-order valence-corrected chi connectivity index (χ4v) is 4.38. The summed E-state index contributed by atoms with van der Waals surface area (Å²) in [6, 6.07) is 11.0. The number of benzene rings is 2. The van der Waals surface area contributed by atoms with Gasteiger partial charge in [-0.1, -0.05) is 29.4 Å². The van der Waals surface area contributed by atoms with Gasteiger partial charge in [-0.2, -0.15) is 0 Å². The second kappa shape index (κ2) is 8.28. The molecule has 0 aliphatic carbocycles. The molecule has 0 fully saturated rings. The zero-order chi connectivity index (χ0) is 22.3. The largest absolute Gasteiger partial charge is 0.497 e. The van der Waals surface area contributed by atoms with E-state index >= 15 is 0 Å². The predicted molar refractivity (Wildman–Crippen MR) is 126 cm³/mol. The standard InChI is InChI=1S/C22H21ClN4O3S/c1-12-5-6-13(9-16(12)23)24-18(28)11-31-22-25-19-15-10-14(30-4)7-8-17(15)26(2)20(19)21(29)27(22)3/h5-10H,11H2,1-4H3,(H,24,28). The van der Waals surface area contributed by atoms with Gasteiger partial charge in [0.1, 0.15) is 16.8 Å². The molecule has 0 saturated heterocycles. The molecule has 0 radical (unpaired) electrons. The van der Waals surface area contributed by atoms with Gasteiger partial charge >= 0.3 is 0 Å². The number of nitrogens with one attached hydrogen (secondary N) is 1. The number of carbonyl (C=O) groups excluding carboxylic acids is 1. The molecule has 0 aliphatic rings. The Hall–Kier alpha value is -2.97. The molecule has 0 atom stereocenters. The Bertz CT molecular complexity index is 1390. The van der Waals surface area contributed by atoms with E-state index in [0.717, 1.165) is 16.5 Å². The van der Waals surface area contributed by atoms with E-state index in [0.29, 0.717) is 32.6 Å². The first-order chi connectivity index (χ1) is 14.8. The Labute approximate surface area is 188 Å². The van der Waals surface area contributed by atoms with Crippen LogP contribution in [0.25, 0.3) is 21.9 Å². The van der Waals surface area contributed by atoms with Crippen molar-refractivity contribution >= 4 is 56.9 Å². The van der Waals surface area contributed by atoms with Crippen molar-refractivity contribution in [3.05, 3.63) is 57.3 Å². The molecule has 0 bridgehead atoms. The summed E-state index contributed by atoms with van der Waals surface area (Å²) in [5.74, 6) is 0.581. The molecule has 2 heterocycles. The molecule has 2 aromatic carbocycles. The molecule has 0 unspecified atom stereocenters. The van der Waals surface area contributed by atoms with Crippen LogP contribution < -0.4 is 15.6 Å². The maximum absolute atomic E-state index is 13.0. The van der Waals surface area contributed by atoms with E-state index in [4.69, 9.17) is 21.3 Å². The summed E-state index contributed by atoms with van der Waals surface area (Å²) in [4.78, 5) is 30.2. The summed E-state index contributed by atoms with van der Waals surface area (Å²) in [5, 5.41) is 4.70. The number of amides is 1. The minimum atomic E-state index is -0.209. The molecule has 4 rings (SSSR count). The van der Waals surface area contributed by atoms with Crippen molar-refractivity contribution in [1.29, 1.82) is 0 Å². The van der Waals surface area contributed by atoms with Gasteiger partial charge in [-0.25, -0.2) is 4.98 Å². The Kier molecular flexibility index (Phi) is 5.68. The Morgan fingerprint density at radius 3 is 2.68 bits per heavy atom. The van der Waals surface area contributed by atoms with Gasteiger partial charge in [0.05, 0.1) is 18.4 Å². The molecule has 9 heteroatoms. The lowest BCUT2D eigenvalue weighted by Gasteiger charge is -2.09. The number of hydrogen-bond donors (Lipinski definition) is 1. The zero-order valence-corrected chi connectivity index (χ0v) is 19.1. The minimum Gasteiger partial charge on any atom is -0.497 e. The first-order valence-corrected chi connectivity index (χ1v) is 10.9. The summed E-state index contributed by atoms with van der Waals surface area (Å²) >= 11 is 7.32. The van der Waals surface area contributed by atoms with Crippen molar-refractivity contribution in [3.63, 3.8) is 0 Å². The molecule has 7 nitrogen and oxygen atoms in total. The molecular weight excluding hydrogens is 436 g/mol. The van der Waals surface area contributed by atoms with Crippen LogP contribution in [0, 0.1) is 6.92 Å². The zero-order valence-electron chi connectivity index (χ0n) is 17.5. The van der Waals surface area contributed by atoms with Gasteiger partial charge in [0.25, 0.3) is 5.56 Å². The third-order valence-corrected chi connectivity index (χ3v) is 6.61. The second-order valence-corrected chi connectivity index (χ2v) is 8.55. The highest BCUT2D eigenvalue weighted by atomic mass is 35.5. The summed E-state index contributed by atoms with van der Waals surface area (Å²) in [6.45, 7) is 1.90. The molecule has 2 aromatic heterocycles. The van der Waals surface area contributed by atoms with Gasteiger partial charge in [0.2, 0.25) is 5.91 Å². The maximum atomic E-state index is 13.0. The van der Waals surface area contributed by atoms with E-state index in [1.54, 1.807) is 26.3 Å². The van der Waals surface area contributed by atoms with Crippen LogP contribution in [-0.4, -0.2) is 32.9 Å². The van der Waals surface area contributed by atoms with Crippen LogP contribution in [0.4, 0.5) is 5.69 Å². The van der Waals surface area contributed by atoms with Gasteiger partial charge in [0, 0.05) is 30.2 Å². The number of halogens is 1. The van der Waals surface area contributed by atoms with E-state index in [2.05, 4.69) is 5.32 Å². The quantitative estimate of drug-likeness (QED) is 0.361. The fraction of sp³-hybridized carbons (Fsp3) is 0.227. The molecule has 1 amide bonds. The number of aromatic nitrogens is 3. The van der Waals surface area contributed by atoms with E-state index in [1.807, 2.05) is 42.8 Å². The van der Waals surface area contributed by atoms with Crippen LogP contribution in [0.15, 0.2) is 46.3 Å². The normalized spacial score (nSPS) is 11.3. The van der Waals surface area contributed by atoms with E-state index in [9.17, 15) is 9.59 Å². The second-order valence-electron chi connectivity index (χ2n) is 7.20. The van der Waals surface area contributed by atoms with Crippen molar-refractivity contribution in [2.24, 2.45) is 14.1 Å². The number of hydrogen-bond acceptors (Lipinski definition) is 5. The number of thioether (sulfide) groups is 1. The van der Waals surface area contributed by atoms with Crippen LogP contribution in [0.1, 0.15) is 5.56 Å². The summed E-state index contributed by atoms with van der Waals surface area (Å²) in [5.41, 5.74) is 3.38. The van der Waals surface area contributed by atoms with Gasteiger partial charge in [-0.3, -0.25) is 14.2 Å². The number of fused-ring (bicyclic) bond motifs is 3. The third kappa shape index (κ3) is 3.88. The number of ether oxygens (including phenoxy) is 1. The highest BCUT2D eigenvalue weighted by Crippen LogP contribution is 2.29. The van der Waals surface area contributed by atoms with Crippen molar-refractivity contribution < 1.29 is 9.53 Å². The van der Waals surface area contributed by atoms with E-state index < -0.39 is 0 Å². The molecule has 0 saturated carbocycles. The highest BCUT2D eigenvalue weighted by molar-refractivity contribution is 7.99. The predicted octanol–water partition coefficient (Wildman–Crippen LogP) is 4.13. The Balaban J connectivity index is 1.65. The van der Waals surface area contributed by atoms with E-state index in [-0.39, 0.29) is 17.2 Å². The lowest BCUT2D eigenvalue weighted by molar-refractivity contribution is -0.113. The lowest BCUT2D eigenvalue weighted by Crippen LogP contribution is -2.22. The Morgan fingerprint density at radius 1 is 1.19 bits per heavy atom. The van der Waals surface area contributed by atoms with Gasteiger partial charge in [0.15, 0.2) is 5.16 Å². The highest BCUT2D eigenvalue weighted by Gasteiger charge is 2.18. The van der Waals surface area contributed by atoms with E-state index in [1.165, 1.54) is 16.3 Å². The number of aryl methyl sites for hydroxylation is 2. The number of methoxy groups -OCH3 is 1. The summed E-state index contributed by atoms with van der Waals surface area (Å²) < 4.78 is 8.63. The number of anilines is 1. The van der Waals surface area contributed by atoms with Gasteiger partial charge in [-0.15, -0.1) is 0 Å². The first kappa shape index (κ1) is 21.3. The first-order valence-electron chi connectivity index (χ1n) is 9.52. The van der Waals surface area contributed by atoms with Crippen LogP contribution in [0.5, 0.6) is 5.75 Å². The number of nitrogens with zero attached hydrogens (tertiary/aromatic N) is 3. The molecule has 31 heavy (non-hydrogen) atoms. The number of carbonyl (C=O) groups is 1. The number of rotatable bonds is 5. The SMILES string of the molecule is COc1ccc2c(c1)c1nc(SCC(=O)Nc3ccc(C)c(Cl)c3)n(C)c(=O)c1n2C. The van der Waals surface area contributed by atoms with Crippen LogP contribution in [0.3, 0.4) is 0 Å². The van der Waals surface area contributed by atoms with Crippen molar-refractivity contribution in [2.45, 2.75) is 12.1 Å². The molecule has 0 spiro atoms. The van der Waals surface area contributed by atoms with Crippen molar-refractivity contribution in [3.8, 4) is 5.75 Å². The lowest BCUT2D eigenvalue weighted by atomic mass is 10.2. The van der Waals surface area contributed by atoms with Crippen molar-refractivity contribution in [2.75, 3.05) is 18.2 Å². The fourth-order valence-electron chi connectivity index (χ4n) is 3.43. The molecular formula is C22H21ClN4O3S. The minimum absolute atomic E-state index is 0.103. The maximum Gasteiger partial charge on any atom is 0.278 e. The van der Waals surface area contributed by atoms with Crippen LogP contribution in [0.2, 0.25) is 5.02 Å². The average molecular weight is 457 g/mol. The summed E-state index contributed by atoms with van der Waals surface area (Å²) in [6.07, 6.45) is 0. The smallest absolute Gasteiger partial charge is 0.278 e. The third-order valence-electron chi connectivity index (χ3n) is 5.17. The molecule has 4 aromatic rings. The molecule has 0 aliphatic heterocycles. The summed E-state index contributed by atoms with van der Waals surface area (Å²) in [7, 11) is 5.10. The van der Waals surface area contributed by atoms with Crippen LogP contribution >= 0.6 is 23.4 Å². The van der Waals surface area contributed by atoms with Gasteiger partial charge in [-0.05, 0) is 42.8 Å². The monoisotopic (exact) mass is 456 g/mol. The van der Waals surface area contributed by atoms with Gasteiger partial charge < -0.3 is 14.6 Å². The van der Waals surface area contributed by atoms with Crippen LogP contribution in [-0.2, 0) is 18.9 Å². The topological polar surface area (TPSA) is 78.2 Å². The molecule has 160 valence electrons.